The lowest BCUT2D eigenvalue weighted by atomic mass is 10.1. The molecule has 22 heavy (non-hydrogen) atoms. The summed E-state index contributed by atoms with van der Waals surface area (Å²) in [6.45, 7) is 5.96. The molecule has 1 heterocycles. The first-order chi connectivity index (χ1) is 10.1. The van der Waals surface area contributed by atoms with Gasteiger partial charge in [-0.05, 0) is 46.6 Å². The van der Waals surface area contributed by atoms with E-state index in [1.165, 1.54) is 6.07 Å². The van der Waals surface area contributed by atoms with Gasteiger partial charge in [0.2, 0.25) is 5.91 Å². The van der Waals surface area contributed by atoms with Gasteiger partial charge in [-0.15, -0.1) is 12.4 Å². The molecule has 1 amide bonds. The maximum atomic E-state index is 13.1. The van der Waals surface area contributed by atoms with Crippen LogP contribution in [-0.4, -0.2) is 50.1 Å². The Balaban J connectivity index is 0.00000242. The Bertz CT molecular complexity index is 484. The molecule has 1 aliphatic rings. The molecule has 0 radical (unpaired) electrons. The molecule has 1 saturated heterocycles. The van der Waals surface area contributed by atoms with Gasteiger partial charge in [0, 0.05) is 32.7 Å². The first kappa shape index (κ1) is 19.4. The quantitative estimate of drug-likeness (QED) is 0.725. The van der Waals surface area contributed by atoms with E-state index >= 15 is 0 Å². The molecular weight excluding hydrogens is 373 g/mol. The third kappa shape index (κ3) is 6.60. The standard InChI is InChI=1S/C15H21BrFN3O.ClH/c16-13-10-12(2-3-14(13)17)11-15(21)19-4-1-7-20-8-5-18-6-9-20;/h2-3,10,18H,1,4-9,11H2,(H,19,21);1H. The molecule has 1 fully saturated rings. The van der Waals surface area contributed by atoms with E-state index in [-0.39, 0.29) is 30.6 Å². The Morgan fingerprint density at radius 2 is 2.09 bits per heavy atom. The molecule has 0 aliphatic carbocycles. The molecule has 0 bridgehead atoms. The summed E-state index contributed by atoms with van der Waals surface area (Å²) in [6.07, 6.45) is 1.24. The fraction of sp³-hybridized carbons (Fsp3) is 0.533. The average molecular weight is 395 g/mol. The summed E-state index contributed by atoms with van der Waals surface area (Å²) < 4.78 is 13.5. The normalized spacial score (nSPS) is 15.2. The van der Waals surface area contributed by atoms with E-state index in [4.69, 9.17) is 0 Å². The monoisotopic (exact) mass is 393 g/mol. The van der Waals surface area contributed by atoms with E-state index < -0.39 is 0 Å². The SMILES string of the molecule is Cl.O=C(Cc1ccc(F)c(Br)c1)NCCCN1CCNCC1. The smallest absolute Gasteiger partial charge is 0.224 e. The maximum absolute atomic E-state index is 13.1. The van der Waals surface area contributed by atoms with Crippen molar-refractivity contribution in [1.82, 2.24) is 15.5 Å². The first-order valence-corrected chi connectivity index (χ1v) is 8.08. The first-order valence-electron chi connectivity index (χ1n) is 7.29. The number of rotatable bonds is 6. The number of benzene rings is 1. The topological polar surface area (TPSA) is 44.4 Å². The molecule has 1 aromatic rings. The number of halogens is 3. The summed E-state index contributed by atoms with van der Waals surface area (Å²) >= 11 is 3.13. The molecule has 7 heteroatoms. The molecule has 0 spiro atoms. The molecule has 0 aromatic heterocycles. The third-order valence-corrected chi connectivity index (χ3v) is 4.14. The zero-order valence-electron chi connectivity index (χ0n) is 12.4. The van der Waals surface area contributed by atoms with Crippen molar-refractivity contribution < 1.29 is 9.18 Å². The van der Waals surface area contributed by atoms with Crippen LogP contribution in [0.4, 0.5) is 4.39 Å². The number of hydrogen-bond donors (Lipinski definition) is 2. The minimum atomic E-state index is -0.310. The second kappa shape index (κ2) is 10.2. The number of carbonyl (C=O) groups is 1. The zero-order valence-corrected chi connectivity index (χ0v) is 14.8. The largest absolute Gasteiger partial charge is 0.356 e. The van der Waals surface area contributed by atoms with Gasteiger partial charge in [0.05, 0.1) is 10.9 Å². The number of nitrogens with zero attached hydrogens (tertiary/aromatic N) is 1. The van der Waals surface area contributed by atoms with Gasteiger partial charge in [0.15, 0.2) is 0 Å². The van der Waals surface area contributed by atoms with Gasteiger partial charge in [-0.2, -0.15) is 0 Å². The molecule has 2 N–H and O–H groups in total. The Kier molecular flexibility index (Phi) is 8.93. The Hall–Kier alpha value is -0.690. The highest BCUT2D eigenvalue weighted by molar-refractivity contribution is 9.10. The average Bonchev–Trinajstić information content (AvgIpc) is 2.49. The third-order valence-electron chi connectivity index (χ3n) is 3.53. The second-order valence-electron chi connectivity index (χ2n) is 5.22. The van der Waals surface area contributed by atoms with E-state index in [1.54, 1.807) is 12.1 Å². The second-order valence-corrected chi connectivity index (χ2v) is 6.07. The lowest BCUT2D eigenvalue weighted by molar-refractivity contribution is -0.120. The number of carbonyl (C=O) groups excluding carboxylic acids is 1. The van der Waals surface area contributed by atoms with E-state index in [0.717, 1.165) is 44.7 Å². The molecule has 4 nitrogen and oxygen atoms in total. The predicted molar refractivity (Wildman–Crippen MR) is 92.0 cm³/mol. The predicted octanol–water partition coefficient (Wildman–Crippen LogP) is 1.96. The van der Waals surface area contributed by atoms with Crippen LogP contribution in [0.5, 0.6) is 0 Å². The van der Waals surface area contributed by atoms with Gasteiger partial charge in [0.1, 0.15) is 5.82 Å². The van der Waals surface area contributed by atoms with Crippen LogP contribution < -0.4 is 10.6 Å². The Morgan fingerprint density at radius 1 is 1.36 bits per heavy atom. The number of amides is 1. The van der Waals surface area contributed by atoms with Crippen molar-refractivity contribution in [2.24, 2.45) is 0 Å². The van der Waals surface area contributed by atoms with E-state index in [1.807, 2.05) is 0 Å². The van der Waals surface area contributed by atoms with Crippen LogP contribution in [0, 0.1) is 5.82 Å². The van der Waals surface area contributed by atoms with Crippen molar-refractivity contribution in [3.63, 3.8) is 0 Å². The minimum Gasteiger partial charge on any atom is -0.356 e. The van der Waals surface area contributed by atoms with Gasteiger partial charge < -0.3 is 15.5 Å². The molecular formula is C15H22BrClFN3O. The van der Waals surface area contributed by atoms with Crippen LogP contribution in [0.1, 0.15) is 12.0 Å². The lowest BCUT2D eigenvalue weighted by Crippen LogP contribution is -2.44. The summed E-state index contributed by atoms with van der Waals surface area (Å²) in [7, 11) is 0. The summed E-state index contributed by atoms with van der Waals surface area (Å²) in [5.74, 6) is -0.330. The molecule has 124 valence electrons. The van der Waals surface area contributed by atoms with Crippen LogP contribution in [-0.2, 0) is 11.2 Å². The highest BCUT2D eigenvalue weighted by Gasteiger charge is 2.09. The molecule has 0 saturated carbocycles. The molecule has 0 unspecified atom stereocenters. The molecule has 0 atom stereocenters. The minimum absolute atomic E-state index is 0. The van der Waals surface area contributed by atoms with Gasteiger partial charge in [-0.1, -0.05) is 6.07 Å². The van der Waals surface area contributed by atoms with Crippen LogP contribution in [0.25, 0.3) is 0 Å². The lowest BCUT2D eigenvalue weighted by Gasteiger charge is -2.27. The summed E-state index contributed by atoms with van der Waals surface area (Å²) in [5, 5.41) is 6.23. The van der Waals surface area contributed by atoms with Crippen LogP contribution >= 0.6 is 28.3 Å². The highest BCUT2D eigenvalue weighted by atomic mass is 79.9. The van der Waals surface area contributed by atoms with Crippen LogP contribution in [0.2, 0.25) is 0 Å². The van der Waals surface area contributed by atoms with Gasteiger partial charge in [-0.3, -0.25) is 4.79 Å². The van der Waals surface area contributed by atoms with Crippen molar-refractivity contribution >= 4 is 34.2 Å². The number of nitrogens with one attached hydrogen (secondary N) is 2. The van der Waals surface area contributed by atoms with Gasteiger partial charge in [-0.25, -0.2) is 4.39 Å². The van der Waals surface area contributed by atoms with Gasteiger partial charge in [0.25, 0.3) is 0 Å². The summed E-state index contributed by atoms with van der Waals surface area (Å²) in [6, 6.07) is 4.66. The summed E-state index contributed by atoms with van der Waals surface area (Å²) in [5.41, 5.74) is 0.808. The summed E-state index contributed by atoms with van der Waals surface area (Å²) in [4.78, 5) is 14.2. The number of hydrogen-bond acceptors (Lipinski definition) is 3. The number of piperazine rings is 1. The highest BCUT2D eigenvalue weighted by Crippen LogP contribution is 2.17. The fourth-order valence-electron chi connectivity index (χ4n) is 2.36. The van der Waals surface area contributed by atoms with E-state index in [9.17, 15) is 9.18 Å². The van der Waals surface area contributed by atoms with Crippen molar-refractivity contribution in [3.8, 4) is 0 Å². The zero-order chi connectivity index (χ0) is 15.1. The Labute approximate surface area is 145 Å². The molecule has 1 aliphatic heterocycles. The molecule has 1 aromatic carbocycles. The van der Waals surface area contributed by atoms with Crippen molar-refractivity contribution in [2.75, 3.05) is 39.3 Å². The van der Waals surface area contributed by atoms with E-state index in [0.29, 0.717) is 11.0 Å². The maximum Gasteiger partial charge on any atom is 0.224 e. The fourth-order valence-corrected chi connectivity index (χ4v) is 2.79. The van der Waals surface area contributed by atoms with Gasteiger partial charge >= 0.3 is 0 Å². The van der Waals surface area contributed by atoms with Crippen LogP contribution in [0.15, 0.2) is 22.7 Å². The van der Waals surface area contributed by atoms with Crippen molar-refractivity contribution in [2.45, 2.75) is 12.8 Å². The van der Waals surface area contributed by atoms with E-state index in [2.05, 4.69) is 31.5 Å². The molecule has 2 rings (SSSR count). The van der Waals surface area contributed by atoms with Crippen molar-refractivity contribution in [3.05, 3.63) is 34.1 Å². The Morgan fingerprint density at radius 3 is 2.77 bits per heavy atom. The van der Waals surface area contributed by atoms with Crippen molar-refractivity contribution in [1.29, 1.82) is 0 Å². The van der Waals surface area contributed by atoms with Crippen LogP contribution in [0.3, 0.4) is 0 Å².